The molecule has 1 atom stereocenters. The maximum Gasteiger partial charge on any atom is 0.257 e. The van der Waals surface area contributed by atoms with Gasteiger partial charge in [0.25, 0.3) is 5.91 Å². The van der Waals surface area contributed by atoms with Crippen LogP contribution in [-0.4, -0.2) is 30.1 Å². The van der Waals surface area contributed by atoms with Crippen LogP contribution in [0.2, 0.25) is 0 Å². The average Bonchev–Trinajstić information content (AvgIpc) is 2.50. The Morgan fingerprint density at radius 3 is 2.73 bits per heavy atom. The third-order valence-corrected chi connectivity index (χ3v) is 4.01. The first-order valence-electron chi connectivity index (χ1n) is 7.03. The molecule has 3 rings (SSSR count). The summed E-state index contributed by atoms with van der Waals surface area (Å²) in [6.45, 7) is 1.92. The summed E-state index contributed by atoms with van der Waals surface area (Å²) in [5.41, 5.74) is 3.24. The second-order valence-corrected chi connectivity index (χ2v) is 5.39. The van der Waals surface area contributed by atoms with E-state index in [1.807, 2.05) is 31.2 Å². The molecule has 2 aromatic rings. The molecule has 1 heterocycles. The molecule has 0 spiro atoms. The number of phenols is 1. The zero-order valence-corrected chi connectivity index (χ0v) is 12.8. The Balaban J connectivity index is 2.03. The Hall–Kier alpha value is -2.69. The number of carbonyl (C=O) groups excluding carboxylic acids is 1. The normalized spacial score (nSPS) is 17.0. The topological polar surface area (TPSA) is 61.8 Å². The van der Waals surface area contributed by atoms with E-state index in [1.165, 1.54) is 7.11 Å². The number of hydrogen-bond donors (Lipinski definition) is 2. The first-order chi connectivity index (χ1) is 10.5. The van der Waals surface area contributed by atoms with Crippen LogP contribution in [0.1, 0.15) is 27.7 Å². The Kier molecular flexibility index (Phi) is 3.41. The molecule has 0 aromatic heterocycles. The molecular formula is C17H18N2O3. The van der Waals surface area contributed by atoms with Crippen LogP contribution in [0.25, 0.3) is 0 Å². The Bertz CT molecular complexity index is 743. The number of rotatable bonds is 2. The molecule has 0 radical (unpaired) electrons. The Labute approximate surface area is 129 Å². The fourth-order valence-corrected chi connectivity index (χ4v) is 2.79. The summed E-state index contributed by atoms with van der Waals surface area (Å²) >= 11 is 0. The van der Waals surface area contributed by atoms with Crippen molar-refractivity contribution in [3.63, 3.8) is 0 Å². The first-order valence-corrected chi connectivity index (χ1v) is 7.03. The van der Waals surface area contributed by atoms with Gasteiger partial charge in [0, 0.05) is 12.7 Å². The number of anilines is 1. The van der Waals surface area contributed by atoms with Crippen molar-refractivity contribution in [3.05, 3.63) is 53.1 Å². The number of nitrogens with zero attached hydrogens (tertiary/aromatic N) is 1. The van der Waals surface area contributed by atoms with Gasteiger partial charge >= 0.3 is 0 Å². The second kappa shape index (κ2) is 5.26. The van der Waals surface area contributed by atoms with E-state index >= 15 is 0 Å². The van der Waals surface area contributed by atoms with Crippen LogP contribution in [0.15, 0.2) is 36.4 Å². The molecule has 2 N–H and O–H groups in total. The lowest BCUT2D eigenvalue weighted by Gasteiger charge is -2.36. The highest BCUT2D eigenvalue weighted by atomic mass is 16.5. The minimum Gasteiger partial charge on any atom is -0.504 e. The van der Waals surface area contributed by atoms with Gasteiger partial charge in [-0.25, -0.2) is 0 Å². The fourth-order valence-electron chi connectivity index (χ4n) is 2.79. The highest BCUT2D eigenvalue weighted by molar-refractivity contribution is 6.02. The Morgan fingerprint density at radius 1 is 1.27 bits per heavy atom. The second-order valence-electron chi connectivity index (χ2n) is 5.39. The molecule has 5 nitrogen and oxygen atoms in total. The van der Waals surface area contributed by atoms with Gasteiger partial charge in [-0.15, -0.1) is 0 Å². The number of fused-ring (bicyclic) bond motifs is 1. The van der Waals surface area contributed by atoms with Gasteiger partial charge in [0.05, 0.1) is 12.7 Å². The SMILES string of the molecule is COc1ccc([C@H]2Nc3cccc(C)c3C(=O)N2C)cc1O. The lowest BCUT2D eigenvalue weighted by Crippen LogP contribution is -2.40. The lowest BCUT2D eigenvalue weighted by atomic mass is 10.00. The molecule has 22 heavy (non-hydrogen) atoms. The summed E-state index contributed by atoms with van der Waals surface area (Å²) in [6.07, 6.45) is -0.335. The fraction of sp³-hybridized carbons (Fsp3) is 0.235. The van der Waals surface area contributed by atoms with Crippen molar-refractivity contribution in [2.24, 2.45) is 0 Å². The van der Waals surface area contributed by atoms with Gasteiger partial charge in [-0.1, -0.05) is 18.2 Å². The number of benzene rings is 2. The molecule has 1 aliphatic heterocycles. The van der Waals surface area contributed by atoms with Crippen LogP contribution >= 0.6 is 0 Å². The zero-order chi connectivity index (χ0) is 15.9. The number of methoxy groups -OCH3 is 1. The molecule has 5 heteroatoms. The van der Waals surface area contributed by atoms with Crippen LogP contribution in [-0.2, 0) is 0 Å². The minimum absolute atomic E-state index is 0.0350. The number of aryl methyl sites for hydroxylation is 1. The van der Waals surface area contributed by atoms with Crippen molar-refractivity contribution >= 4 is 11.6 Å². The Morgan fingerprint density at radius 2 is 2.05 bits per heavy atom. The molecule has 0 bridgehead atoms. The number of carbonyl (C=O) groups is 1. The maximum absolute atomic E-state index is 12.6. The molecule has 0 fully saturated rings. The van der Waals surface area contributed by atoms with Gasteiger partial charge in [-0.3, -0.25) is 4.79 Å². The predicted octanol–water partition coefficient (Wildman–Crippen LogP) is 2.91. The van der Waals surface area contributed by atoms with Gasteiger partial charge in [-0.2, -0.15) is 0 Å². The van der Waals surface area contributed by atoms with Crippen LogP contribution in [0.4, 0.5) is 5.69 Å². The number of hydrogen-bond acceptors (Lipinski definition) is 4. The quantitative estimate of drug-likeness (QED) is 0.895. The van der Waals surface area contributed by atoms with E-state index < -0.39 is 0 Å². The van der Waals surface area contributed by atoms with E-state index in [0.717, 1.165) is 16.8 Å². The van der Waals surface area contributed by atoms with Crippen LogP contribution < -0.4 is 10.1 Å². The predicted molar refractivity (Wildman–Crippen MR) is 84.3 cm³/mol. The summed E-state index contributed by atoms with van der Waals surface area (Å²) in [5.74, 6) is 0.426. The lowest BCUT2D eigenvalue weighted by molar-refractivity contribution is 0.0734. The standard InChI is InChI=1S/C17H18N2O3/c1-10-5-4-6-12-15(10)17(21)19(2)16(18-12)11-7-8-14(22-3)13(20)9-11/h4-9,16,18,20H,1-3H3/t16-/m0/s1. The summed E-state index contributed by atoms with van der Waals surface area (Å²) < 4.78 is 5.06. The molecule has 114 valence electrons. The first kappa shape index (κ1) is 14.3. The average molecular weight is 298 g/mol. The molecule has 0 unspecified atom stereocenters. The van der Waals surface area contributed by atoms with Gasteiger partial charge in [0.15, 0.2) is 11.5 Å². The summed E-state index contributed by atoms with van der Waals surface area (Å²) in [6, 6.07) is 10.9. The summed E-state index contributed by atoms with van der Waals surface area (Å²) in [7, 11) is 3.25. The van der Waals surface area contributed by atoms with Crippen molar-refractivity contribution in [2.45, 2.75) is 13.1 Å². The number of phenolic OH excluding ortho intramolecular Hbond substituents is 1. The van der Waals surface area contributed by atoms with Crippen molar-refractivity contribution in [3.8, 4) is 11.5 Å². The molecule has 1 amide bonds. The van der Waals surface area contributed by atoms with Crippen LogP contribution in [0.5, 0.6) is 11.5 Å². The van der Waals surface area contributed by atoms with E-state index in [1.54, 1.807) is 24.1 Å². The van der Waals surface area contributed by atoms with E-state index in [9.17, 15) is 9.90 Å². The molecule has 0 saturated carbocycles. The monoisotopic (exact) mass is 298 g/mol. The summed E-state index contributed by atoms with van der Waals surface area (Å²) in [4.78, 5) is 14.3. The van der Waals surface area contributed by atoms with Gasteiger partial charge in [-0.05, 0) is 36.2 Å². The van der Waals surface area contributed by atoms with Crippen molar-refractivity contribution in [2.75, 3.05) is 19.5 Å². The third-order valence-electron chi connectivity index (χ3n) is 4.01. The number of ether oxygens (including phenoxy) is 1. The van der Waals surface area contributed by atoms with Gasteiger partial charge in [0.1, 0.15) is 6.17 Å². The molecule has 2 aromatic carbocycles. The minimum atomic E-state index is -0.335. The van der Waals surface area contributed by atoms with E-state index in [4.69, 9.17) is 4.74 Å². The van der Waals surface area contributed by atoms with E-state index in [2.05, 4.69) is 5.32 Å². The maximum atomic E-state index is 12.6. The van der Waals surface area contributed by atoms with E-state index in [0.29, 0.717) is 11.3 Å². The number of amides is 1. The van der Waals surface area contributed by atoms with Crippen molar-refractivity contribution in [1.29, 1.82) is 0 Å². The smallest absolute Gasteiger partial charge is 0.257 e. The third kappa shape index (κ3) is 2.15. The van der Waals surface area contributed by atoms with Crippen molar-refractivity contribution in [1.82, 2.24) is 4.90 Å². The summed E-state index contributed by atoms with van der Waals surface area (Å²) in [5, 5.41) is 13.3. The number of nitrogens with one attached hydrogen (secondary N) is 1. The van der Waals surface area contributed by atoms with Gasteiger partial charge in [0.2, 0.25) is 0 Å². The van der Waals surface area contributed by atoms with Crippen LogP contribution in [0.3, 0.4) is 0 Å². The van der Waals surface area contributed by atoms with Crippen LogP contribution in [0, 0.1) is 6.92 Å². The van der Waals surface area contributed by atoms with E-state index in [-0.39, 0.29) is 17.8 Å². The van der Waals surface area contributed by atoms with Crippen molar-refractivity contribution < 1.29 is 14.6 Å². The zero-order valence-electron chi connectivity index (χ0n) is 12.8. The highest BCUT2D eigenvalue weighted by Gasteiger charge is 2.31. The molecule has 0 saturated heterocycles. The largest absolute Gasteiger partial charge is 0.504 e. The highest BCUT2D eigenvalue weighted by Crippen LogP contribution is 2.36. The number of aromatic hydroxyl groups is 1. The molecule has 1 aliphatic rings. The van der Waals surface area contributed by atoms with Gasteiger partial charge < -0.3 is 20.1 Å². The molecule has 0 aliphatic carbocycles. The molecular weight excluding hydrogens is 280 g/mol.